The Morgan fingerprint density at radius 1 is 1.40 bits per heavy atom. The van der Waals surface area contributed by atoms with Crippen molar-refractivity contribution in [1.82, 2.24) is 10.6 Å². The quantitative estimate of drug-likeness (QED) is 0.729. The predicted octanol–water partition coefficient (Wildman–Crippen LogP) is 1.52. The molecule has 0 aromatic heterocycles. The fraction of sp³-hybridized carbons (Fsp3) is 0.385. The van der Waals surface area contributed by atoms with Crippen LogP contribution in [0.3, 0.4) is 0 Å². The first-order valence-corrected chi connectivity index (χ1v) is 6.91. The molecule has 1 aromatic carbocycles. The van der Waals surface area contributed by atoms with Crippen molar-refractivity contribution in [2.75, 3.05) is 6.61 Å². The van der Waals surface area contributed by atoms with Crippen LogP contribution in [-0.2, 0) is 11.3 Å². The zero-order valence-electron chi connectivity index (χ0n) is 11.4. The Hall–Kier alpha value is -1.60. The van der Waals surface area contributed by atoms with Gasteiger partial charge in [-0.2, -0.15) is 0 Å². The van der Waals surface area contributed by atoms with Crippen molar-refractivity contribution >= 4 is 27.9 Å². The molecule has 1 aromatic rings. The van der Waals surface area contributed by atoms with Crippen LogP contribution in [0.5, 0.6) is 5.75 Å². The van der Waals surface area contributed by atoms with E-state index in [0.29, 0.717) is 18.3 Å². The van der Waals surface area contributed by atoms with E-state index in [-0.39, 0.29) is 6.61 Å². The molecule has 7 heteroatoms. The van der Waals surface area contributed by atoms with Crippen LogP contribution in [0.15, 0.2) is 22.7 Å². The fourth-order valence-corrected chi connectivity index (χ4v) is 1.87. The summed E-state index contributed by atoms with van der Waals surface area (Å²) in [5.74, 6) is 0.00385. The number of primary amides is 1. The third-order valence-corrected chi connectivity index (χ3v) is 2.84. The van der Waals surface area contributed by atoms with Crippen molar-refractivity contribution in [3.05, 3.63) is 28.2 Å². The minimum absolute atomic E-state index is 0.265. The zero-order valence-corrected chi connectivity index (χ0v) is 13.0. The number of halogens is 1. The number of hydrogen-bond acceptors (Lipinski definition) is 4. The van der Waals surface area contributed by atoms with E-state index in [2.05, 4.69) is 21.2 Å². The van der Waals surface area contributed by atoms with Crippen LogP contribution in [-0.4, -0.2) is 24.6 Å². The minimum atomic E-state index is -0.892. The van der Waals surface area contributed by atoms with Crippen LogP contribution < -0.4 is 21.1 Å². The van der Waals surface area contributed by atoms with Crippen LogP contribution in [0.25, 0.3) is 0 Å². The average Bonchev–Trinajstić information content (AvgIpc) is 2.34. The van der Waals surface area contributed by atoms with Gasteiger partial charge in [0, 0.05) is 22.6 Å². The van der Waals surface area contributed by atoms with Gasteiger partial charge in [0.2, 0.25) is 0 Å². The Kier molecular flexibility index (Phi) is 6.47. The number of carbonyl (C=O) groups is 2. The van der Waals surface area contributed by atoms with Gasteiger partial charge < -0.3 is 15.8 Å². The van der Waals surface area contributed by atoms with Gasteiger partial charge in [0.05, 0.1) is 0 Å². The van der Waals surface area contributed by atoms with E-state index in [0.717, 1.165) is 10.0 Å². The first kappa shape index (κ1) is 16.5. The summed E-state index contributed by atoms with van der Waals surface area (Å²) in [6.07, 6.45) is 0. The highest BCUT2D eigenvalue weighted by molar-refractivity contribution is 9.10. The summed E-state index contributed by atoms with van der Waals surface area (Å²) in [5.41, 5.74) is 5.77. The topological polar surface area (TPSA) is 93.4 Å². The normalized spacial score (nSPS) is 10.4. The molecule has 0 atom stereocenters. The minimum Gasteiger partial charge on any atom is -0.483 e. The molecule has 0 saturated heterocycles. The molecule has 0 saturated carbocycles. The maximum absolute atomic E-state index is 11.3. The molecule has 0 spiro atoms. The Bertz CT molecular complexity index is 492. The Morgan fingerprint density at radius 3 is 2.70 bits per heavy atom. The largest absolute Gasteiger partial charge is 0.483 e. The number of benzene rings is 1. The van der Waals surface area contributed by atoms with E-state index in [1.807, 2.05) is 31.3 Å². The van der Waals surface area contributed by atoms with Gasteiger partial charge in [-0.15, -0.1) is 0 Å². The van der Waals surface area contributed by atoms with Crippen molar-refractivity contribution in [3.63, 3.8) is 0 Å². The van der Waals surface area contributed by atoms with Crippen LogP contribution in [0.1, 0.15) is 19.4 Å². The molecule has 0 aliphatic heterocycles. The van der Waals surface area contributed by atoms with Gasteiger partial charge in [-0.25, -0.2) is 4.79 Å². The first-order valence-electron chi connectivity index (χ1n) is 6.12. The molecule has 6 nitrogen and oxygen atoms in total. The second-order valence-corrected chi connectivity index (χ2v) is 5.40. The number of ether oxygens (including phenoxy) is 1. The second-order valence-electron chi connectivity index (χ2n) is 4.49. The molecule has 110 valence electrons. The summed E-state index contributed by atoms with van der Waals surface area (Å²) in [5, 5.41) is 5.22. The molecule has 3 amide bonds. The van der Waals surface area contributed by atoms with Gasteiger partial charge in [0.25, 0.3) is 5.91 Å². The van der Waals surface area contributed by atoms with E-state index in [1.54, 1.807) is 6.07 Å². The lowest BCUT2D eigenvalue weighted by Crippen LogP contribution is -2.38. The van der Waals surface area contributed by atoms with Crippen molar-refractivity contribution in [2.24, 2.45) is 5.73 Å². The van der Waals surface area contributed by atoms with Crippen LogP contribution >= 0.6 is 15.9 Å². The lowest BCUT2D eigenvalue weighted by Gasteiger charge is -2.14. The molecular formula is C13H18BrN3O3. The second kappa shape index (κ2) is 7.86. The lowest BCUT2D eigenvalue weighted by atomic mass is 10.2. The number of nitrogens with two attached hydrogens (primary N) is 1. The molecule has 0 aliphatic rings. The Morgan fingerprint density at radius 2 is 2.10 bits per heavy atom. The van der Waals surface area contributed by atoms with Crippen LogP contribution in [0, 0.1) is 0 Å². The third kappa shape index (κ3) is 6.03. The highest BCUT2D eigenvalue weighted by atomic mass is 79.9. The van der Waals surface area contributed by atoms with E-state index < -0.39 is 11.9 Å². The highest BCUT2D eigenvalue weighted by Crippen LogP contribution is 2.23. The summed E-state index contributed by atoms with van der Waals surface area (Å²) < 4.78 is 6.33. The number of carbonyl (C=O) groups excluding carboxylic acids is 2. The molecule has 1 rings (SSSR count). The summed E-state index contributed by atoms with van der Waals surface area (Å²) in [6.45, 7) is 4.43. The van der Waals surface area contributed by atoms with E-state index in [9.17, 15) is 9.59 Å². The molecular weight excluding hydrogens is 326 g/mol. The molecule has 0 bridgehead atoms. The molecule has 0 fully saturated rings. The number of rotatable bonds is 6. The van der Waals surface area contributed by atoms with E-state index in [1.165, 1.54) is 0 Å². The SMILES string of the molecule is CC(C)NCc1cc(Br)ccc1OCC(=O)NC(N)=O. The smallest absolute Gasteiger partial charge is 0.318 e. The maximum Gasteiger partial charge on any atom is 0.318 e. The van der Waals surface area contributed by atoms with E-state index in [4.69, 9.17) is 10.5 Å². The predicted molar refractivity (Wildman–Crippen MR) is 79.3 cm³/mol. The lowest BCUT2D eigenvalue weighted by molar-refractivity contribution is -0.121. The first-order chi connectivity index (χ1) is 9.38. The highest BCUT2D eigenvalue weighted by Gasteiger charge is 2.09. The molecule has 0 heterocycles. The zero-order chi connectivity index (χ0) is 15.1. The summed E-state index contributed by atoms with van der Waals surface area (Å²) in [6, 6.07) is 4.94. The summed E-state index contributed by atoms with van der Waals surface area (Å²) >= 11 is 3.39. The number of hydrogen-bond donors (Lipinski definition) is 3. The van der Waals surface area contributed by atoms with Crippen LogP contribution in [0.2, 0.25) is 0 Å². The molecule has 0 aliphatic carbocycles. The number of imide groups is 1. The Labute approximate surface area is 126 Å². The van der Waals surface area contributed by atoms with Crippen molar-refractivity contribution in [2.45, 2.75) is 26.4 Å². The average molecular weight is 344 g/mol. The monoisotopic (exact) mass is 343 g/mol. The molecule has 20 heavy (non-hydrogen) atoms. The van der Waals surface area contributed by atoms with Gasteiger partial charge in [-0.3, -0.25) is 10.1 Å². The van der Waals surface area contributed by atoms with Crippen molar-refractivity contribution < 1.29 is 14.3 Å². The fourth-order valence-electron chi connectivity index (χ4n) is 1.46. The number of nitrogens with one attached hydrogen (secondary N) is 2. The van der Waals surface area contributed by atoms with Gasteiger partial charge >= 0.3 is 6.03 Å². The Balaban J connectivity index is 2.68. The standard InChI is InChI=1S/C13H18BrN3O3/c1-8(2)16-6-9-5-10(14)3-4-11(9)20-7-12(18)17-13(15)19/h3-5,8,16H,6-7H2,1-2H3,(H3,15,17,18,19). The van der Waals surface area contributed by atoms with E-state index >= 15 is 0 Å². The van der Waals surface area contributed by atoms with Crippen LogP contribution in [0.4, 0.5) is 4.79 Å². The van der Waals surface area contributed by atoms with Gasteiger partial charge in [-0.1, -0.05) is 29.8 Å². The maximum atomic E-state index is 11.3. The molecule has 0 radical (unpaired) electrons. The summed E-state index contributed by atoms with van der Waals surface area (Å²) in [7, 11) is 0. The molecule has 4 N–H and O–H groups in total. The van der Waals surface area contributed by atoms with Crippen molar-refractivity contribution in [1.29, 1.82) is 0 Å². The molecule has 0 unspecified atom stereocenters. The van der Waals surface area contributed by atoms with Crippen molar-refractivity contribution in [3.8, 4) is 5.75 Å². The van der Waals surface area contributed by atoms with Gasteiger partial charge in [0.15, 0.2) is 6.61 Å². The van der Waals surface area contributed by atoms with Gasteiger partial charge in [0.1, 0.15) is 5.75 Å². The number of amides is 3. The van der Waals surface area contributed by atoms with Gasteiger partial charge in [-0.05, 0) is 18.2 Å². The number of urea groups is 1. The summed E-state index contributed by atoms with van der Waals surface area (Å²) in [4.78, 5) is 21.8. The third-order valence-electron chi connectivity index (χ3n) is 2.34.